The van der Waals surface area contributed by atoms with Crippen molar-refractivity contribution in [2.45, 2.75) is 6.04 Å². The second-order valence-corrected chi connectivity index (χ2v) is 12.8. The summed E-state index contributed by atoms with van der Waals surface area (Å²) in [6.45, 7) is 0. The van der Waals surface area contributed by atoms with Crippen molar-refractivity contribution >= 4 is 65.8 Å². The standard InChI is InChI=1S/C46H30N2/c1-3-11-31-27-45-33(25-29(31)9-1)17-23-43(47-45)41-21-19-39(35-13-5-7-15-37(35)41)40-20-22-42(38-16-8-6-14-36(38)40)44-24-18-34-26-30-10-2-4-12-32(30)28-46(34)48-44/h1-28,43,47H. The van der Waals surface area contributed by atoms with Crippen molar-refractivity contribution in [3.63, 3.8) is 0 Å². The molecule has 1 aromatic heterocycles. The summed E-state index contributed by atoms with van der Waals surface area (Å²) in [5.41, 5.74) is 9.30. The maximum absolute atomic E-state index is 5.18. The summed E-state index contributed by atoms with van der Waals surface area (Å²) >= 11 is 0. The van der Waals surface area contributed by atoms with Crippen LogP contribution in [0.25, 0.3) is 82.5 Å². The van der Waals surface area contributed by atoms with Gasteiger partial charge in [0.1, 0.15) is 0 Å². The number of hydrogen-bond acceptors (Lipinski definition) is 2. The zero-order chi connectivity index (χ0) is 31.6. The summed E-state index contributed by atoms with van der Waals surface area (Å²) in [7, 11) is 0. The molecule has 0 fully saturated rings. The quantitative estimate of drug-likeness (QED) is 0.201. The second-order valence-electron chi connectivity index (χ2n) is 12.8. The third kappa shape index (κ3) is 4.30. The Morgan fingerprint density at radius 3 is 1.75 bits per heavy atom. The molecule has 1 unspecified atom stereocenters. The van der Waals surface area contributed by atoms with Crippen molar-refractivity contribution in [3.8, 4) is 22.4 Å². The largest absolute Gasteiger partial charge is 0.374 e. The molecule has 1 atom stereocenters. The molecule has 224 valence electrons. The Bertz CT molecular complexity index is 2770. The highest BCUT2D eigenvalue weighted by Gasteiger charge is 2.20. The predicted molar refractivity (Wildman–Crippen MR) is 204 cm³/mol. The molecule has 2 heteroatoms. The first-order valence-electron chi connectivity index (χ1n) is 16.6. The highest BCUT2D eigenvalue weighted by atomic mass is 14.9. The van der Waals surface area contributed by atoms with E-state index < -0.39 is 0 Å². The van der Waals surface area contributed by atoms with Crippen LogP contribution < -0.4 is 5.32 Å². The van der Waals surface area contributed by atoms with E-state index in [1.54, 1.807) is 0 Å². The number of aromatic nitrogens is 1. The molecule has 2 heterocycles. The van der Waals surface area contributed by atoms with Crippen molar-refractivity contribution in [1.29, 1.82) is 0 Å². The van der Waals surface area contributed by atoms with Crippen LogP contribution in [-0.4, -0.2) is 4.98 Å². The van der Waals surface area contributed by atoms with Crippen LogP contribution in [0.1, 0.15) is 17.2 Å². The van der Waals surface area contributed by atoms with Gasteiger partial charge in [-0.25, -0.2) is 4.98 Å². The van der Waals surface area contributed by atoms with Crippen LogP contribution in [0.15, 0.2) is 164 Å². The lowest BCUT2D eigenvalue weighted by Gasteiger charge is -2.25. The van der Waals surface area contributed by atoms with Gasteiger partial charge >= 0.3 is 0 Å². The summed E-state index contributed by atoms with van der Waals surface area (Å²) in [6, 6.07) is 57.2. The van der Waals surface area contributed by atoms with Gasteiger partial charge in [0.25, 0.3) is 0 Å². The van der Waals surface area contributed by atoms with E-state index in [9.17, 15) is 0 Å². The van der Waals surface area contributed by atoms with Gasteiger partial charge in [0, 0.05) is 16.6 Å². The first-order chi connectivity index (χ1) is 23.8. The number of benzene rings is 8. The van der Waals surface area contributed by atoms with Crippen LogP contribution in [0.4, 0.5) is 5.69 Å². The molecule has 10 rings (SSSR count). The monoisotopic (exact) mass is 610 g/mol. The van der Waals surface area contributed by atoms with Gasteiger partial charge in [-0.05, 0) is 95.7 Å². The van der Waals surface area contributed by atoms with Gasteiger partial charge in [0.05, 0.1) is 17.3 Å². The van der Waals surface area contributed by atoms with E-state index in [0.717, 1.165) is 22.2 Å². The Balaban J connectivity index is 1.08. The minimum atomic E-state index is 0.0767. The van der Waals surface area contributed by atoms with E-state index in [0.29, 0.717) is 0 Å². The molecule has 2 nitrogen and oxygen atoms in total. The van der Waals surface area contributed by atoms with Gasteiger partial charge in [-0.2, -0.15) is 0 Å². The van der Waals surface area contributed by atoms with Gasteiger partial charge < -0.3 is 5.32 Å². The minimum Gasteiger partial charge on any atom is -0.374 e. The molecular weight excluding hydrogens is 581 g/mol. The molecule has 0 amide bonds. The Kier molecular flexibility index (Phi) is 5.97. The van der Waals surface area contributed by atoms with Crippen LogP contribution in [0.3, 0.4) is 0 Å². The molecule has 8 aromatic carbocycles. The van der Waals surface area contributed by atoms with Crippen molar-refractivity contribution in [3.05, 3.63) is 175 Å². The minimum absolute atomic E-state index is 0.0767. The van der Waals surface area contributed by atoms with Crippen LogP contribution in [0, 0.1) is 0 Å². The number of fused-ring (bicyclic) bond motifs is 6. The van der Waals surface area contributed by atoms with E-state index in [4.69, 9.17) is 4.98 Å². The summed E-state index contributed by atoms with van der Waals surface area (Å²) < 4.78 is 0. The number of pyridine rings is 1. The lowest BCUT2D eigenvalue weighted by molar-refractivity contribution is 0.992. The summed E-state index contributed by atoms with van der Waals surface area (Å²) in [5, 5.41) is 14.9. The van der Waals surface area contributed by atoms with Crippen LogP contribution in [-0.2, 0) is 0 Å². The maximum Gasteiger partial charge on any atom is 0.0715 e. The molecule has 0 bridgehead atoms. The Labute approximate surface area is 278 Å². The number of rotatable bonds is 3. The normalized spacial score (nSPS) is 14.1. The maximum atomic E-state index is 5.18. The zero-order valence-corrected chi connectivity index (χ0v) is 26.2. The molecule has 0 spiro atoms. The van der Waals surface area contributed by atoms with Crippen molar-refractivity contribution in [2.24, 2.45) is 0 Å². The third-order valence-corrected chi connectivity index (χ3v) is 10.0. The number of anilines is 1. The summed E-state index contributed by atoms with van der Waals surface area (Å²) in [4.78, 5) is 5.18. The molecule has 0 saturated heterocycles. The topological polar surface area (TPSA) is 24.9 Å². The van der Waals surface area contributed by atoms with Crippen molar-refractivity contribution in [2.75, 3.05) is 5.32 Å². The lowest BCUT2D eigenvalue weighted by Crippen LogP contribution is -2.12. The molecule has 0 aliphatic carbocycles. The van der Waals surface area contributed by atoms with Gasteiger partial charge in [-0.15, -0.1) is 0 Å². The van der Waals surface area contributed by atoms with Gasteiger partial charge in [-0.1, -0.05) is 140 Å². The highest BCUT2D eigenvalue weighted by Crippen LogP contribution is 2.42. The molecule has 0 radical (unpaired) electrons. The van der Waals surface area contributed by atoms with Crippen LogP contribution in [0.5, 0.6) is 0 Å². The van der Waals surface area contributed by atoms with Crippen molar-refractivity contribution in [1.82, 2.24) is 4.98 Å². The zero-order valence-electron chi connectivity index (χ0n) is 26.2. The number of nitrogens with zero attached hydrogens (tertiary/aromatic N) is 1. The van der Waals surface area contributed by atoms with Crippen LogP contribution >= 0.6 is 0 Å². The summed E-state index contributed by atoms with van der Waals surface area (Å²) in [5.74, 6) is 0. The summed E-state index contributed by atoms with van der Waals surface area (Å²) in [6.07, 6.45) is 4.56. The third-order valence-electron chi connectivity index (χ3n) is 10.0. The molecule has 9 aromatic rings. The molecule has 1 N–H and O–H groups in total. The van der Waals surface area contributed by atoms with E-state index in [1.807, 2.05) is 0 Å². The Morgan fingerprint density at radius 1 is 0.438 bits per heavy atom. The first kappa shape index (κ1) is 26.9. The van der Waals surface area contributed by atoms with Crippen LogP contribution in [0.2, 0.25) is 0 Å². The highest BCUT2D eigenvalue weighted by molar-refractivity contribution is 6.10. The molecular formula is C46H30N2. The fourth-order valence-electron chi connectivity index (χ4n) is 7.67. The fraction of sp³-hybridized carbons (Fsp3) is 0.0217. The van der Waals surface area contributed by atoms with Gasteiger partial charge in [0.2, 0.25) is 0 Å². The SMILES string of the molecule is C1=CC(c2ccc(-c3ccc(-c4ccc5cc6ccccc6cc5n4)c4ccccc34)c3ccccc23)Nc2cc3ccccc3cc21. The van der Waals surface area contributed by atoms with E-state index in [2.05, 4.69) is 175 Å². The fourth-order valence-corrected chi connectivity index (χ4v) is 7.67. The Morgan fingerprint density at radius 2 is 1.00 bits per heavy atom. The lowest BCUT2D eigenvalue weighted by atomic mass is 9.88. The van der Waals surface area contributed by atoms with E-state index in [1.165, 1.54) is 71.0 Å². The molecule has 48 heavy (non-hydrogen) atoms. The molecule has 0 saturated carbocycles. The molecule has 1 aliphatic heterocycles. The van der Waals surface area contributed by atoms with E-state index in [-0.39, 0.29) is 6.04 Å². The first-order valence-corrected chi connectivity index (χ1v) is 16.6. The van der Waals surface area contributed by atoms with Gasteiger partial charge in [-0.3, -0.25) is 0 Å². The second kappa shape index (κ2) is 10.7. The van der Waals surface area contributed by atoms with Crippen molar-refractivity contribution < 1.29 is 0 Å². The van der Waals surface area contributed by atoms with Gasteiger partial charge in [0.15, 0.2) is 0 Å². The predicted octanol–water partition coefficient (Wildman–Crippen LogP) is 12.4. The smallest absolute Gasteiger partial charge is 0.0715 e. The van der Waals surface area contributed by atoms with E-state index >= 15 is 0 Å². The average Bonchev–Trinajstić information content (AvgIpc) is 3.15. The molecule has 1 aliphatic rings. The average molecular weight is 611 g/mol. The Hall–Kier alpha value is -6.25. The number of hydrogen-bond donors (Lipinski definition) is 1. The number of nitrogens with one attached hydrogen (secondary N) is 1.